The topological polar surface area (TPSA) is 74.7 Å². The zero-order valence-electron chi connectivity index (χ0n) is 11.0. The highest BCUT2D eigenvalue weighted by molar-refractivity contribution is 6.02. The maximum atomic E-state index is 12.3. The summed E-state index contributed by atoms with van der Waals surface area (Å²) in [5.74, 6) is -1.94. The average molecular weight is 255 g/mol. The Morgan fingerprint density at radius 3 is 2.33 bits per heavy atom. The number of carboxylic acids is 1. The van der Waals surface area contributed by atoms with Crippen molar-refractivity contribution in [1.82, 2.24) is 4.90 Å². The van der Waals surface area contributed by atoms with Crippen LogP contribution in [0, 0.1) is 5.92 Å². The number of imide groups is 1. The first-order valence-corrected chi connectivity index (χ1v) is 6.61. The smallest absolute Gasteiger partial charge is 0.326 e. The van der Waals surface area contributed by atoms with Crippen LogP contribution in [0.3, 0.4) is 0 Å². The molecule has 0 aromatic rings. The van der Waals surface area contributed by atoms with Crippen molar-refractivity contribution < 1.29 is 19.5 Å². The quantitative estimate of drug-likeness (QED) is 0.785. The van der Waals surface area contributed by atoms with E-state index in [1.54, 1.807) is 0 Å². The number of rotatable bonds is 6. The van der Waals surface area contributed by atoms with E-state index >= 15 is 0 Å². The van der Waals surface area contributed by atoms with Gasteiger partial charge in [0, 0.05) is 12.3 Å². The fourth-order valence-corrected chi connectivity index (χ4v) is 2.48. The lowest BCUT2D eigenvalue weighted by Gasteiger charge is -2.24. The summed E-state index contributed by atoms with van der Waals surface area (Å²) >= 11 is 0. The summed E-state index contributed by atoms with van der Waals surface area (Å²) < 4.78 is 0. The molecule has 102 valence electrons. The average Bonchev–Trinajstić information content (AvgIpc) is 2.70. The molecule has 0 aliphatic carbocycles. The van der Waals surface area contributed by atoms with Crippen molar-refractivity contribution in [2.45, 2.75) is 58.4 Å². The fourth-order valence-electron chi connectivity index (χ4n) is 2.48. The van der Waals surface area contributed by atoms with E-state index < -0.39 is 12.0 Å². The monoisotopic (exact) mass is 255 g/mol. The van der Waals surface area contributed by atoms with Crippen molar-refractivity contribution in [3.63, 3.8) is 0 Å². The molecule has 0 spiro atoms. The van der Waals surface area contributed by atoms with Crippen molar-refractivity contribution in [1.29, 1.82) is 0 Å². The zero-order valence-corrected chi connectivity index (χ0v) is 11.0. The van der Waals surface area contributed by atoms with Crippen molar-refractivity contribution >= 4 is 17.8 Å². The van der Waals surface area contributed by atoms with Crippen molar-refractivity contribution in [2.24, 2.45) is 5.92 Å². The summed E-state index contributed by atoms with van der Waals surface area (Å²) in [6, 6.07) is -0.957. The summed E-state index contributed by atoms with van der Waals surface area (Å²) in [6.45, 7) is 3.97. The predicted octanol–water partition coefficient (Wildman–Crippen LogP) is 1.81. The number of hydrogen-bond acceptors (Lipinski definition) is 3. The van der Waals surface area contributed by atoms with Crippen LogP contribution >= 0.6 is 0 Å². The van der Waals surface area contributed by atoms with Gasteiger partial charge < -0.3 is 5.11 Å². The van der Waals surface area contributed by atoms with Gasteiger partial charge in [-0.25, -0.2) is 4.79 Å². The summed E-state index contributed by atoms with van der Waals surface area (Å²) in [6.07, 6.45) is 3.54. The first-order chi connectivity index (χ1) is 8.52. The molecule has 1 aliphatic heterocycles. The van der Waals surface area contributed by atoms with Gasteiger partial charge in [0.25, 0.3) is 0 Å². The first kappa shape index (κ1) is 14.7. The standard InChI is InChI=1S/C13H21NO4/c1-3-5-9(6-4-2)12(16)14-10(13(17)18)7-8-11(14)15/h9-10H,3-8H2,1-2H3,(H,17,18)/t10-/m0/s1. The molecule has 1 heterocycles. The summed E-state index contributed by atoms with van der Waals surface area (Å²) in [7, 11) is 0. The molecular formula is C13H21NO4. The Morgan fingerprint density at radius 1 is 1.33 bits per heavy atom. The van der Waals surface area contributed by atoms with Gasteiger partial charge in [-0.1, -0.05) is 26.7 Å². The largest absolute Gasteiger partial charge is 0.480 e. The van der Waals surface area contributed by atoms with Crippen LogP contribution in [-0.4, -0.2) is 33.8 Å². The van der Waals surface area contributed by atoms with Crippen LogP contribution in [0.15, 0.2) is 0 Å². The molecule has 0 aromatic heterocycles. The second-order valence-corrected chi connectivity index (χ2v) is 4.77. The Labute approximate surface area is 107 Å². The lowest BCUT2D eigenvalue weighted by molar-refractivity contribution is -0.156. The zero-order chi connectivity index (χ0) is 13.7. The van der Waals surface area contributed by atoms with Crippen LogP contribution < -0.4 is 0 Å². The molecule has 1 fully saturated rings. The first-order valence-electron chi connectivity index (χ1n) is 6.61. The Morgan fingerprint density at radius 2 is 1.89 bits per heavy atom. The number of carboxylic acid groups (broad SMARTS) is 1. The number of carbonyl (C=O) groups is 3. The summed E-state index contributed by atoms with van der Waals surface area (Å²) in [5.41, 5.74) is 0. The minimum atomic E-state index is -1.08. The minimum Gasteiger partial charge on any atom is -0.480 e. The van der Waals surface area contributed by atoms with Crippen LogP contribution in [0.5, 0.6) is 0 Å². The van der Waals surface area contributed by atoms with Gasteiger partial charge in [-0.15, -0.1) is 0 Å². The molecule has 5 heteroatoms. The van der Waals surface area contributed by atoms with Gasteiger partial charge in [0.15, 0.2) is 0 Å². The predicted molar refractivity (Wildman–Crippen MR) is 65.8 cm³/mol. The van der Waals surface area contributed by atoms with E-state index in [-0.39, 0.29) is 30.6 Å². The molecule has 2 amide bonds. The van der Waals surface area contributed by atoms with E-state index in [1.165, 1.54) is 0 Å². The SMILES string of the molecule is CCCC(CCC)C(=O)N1C(=O)CC[C@H]1C(=O)O. The molecule has 1 aliphatic rings. The Kier molecular flexibility index (Phi) is 5.31. The minimum absolute atomic E-state index is 0.160. The third kappa shape index (κ3) is 3.09. The highest BCUT2D eigenvalue weighted by Crippen LogP contribution is 2.25. The van der Waals surface area contributed by atoms with E-state index in [2.05, 4.69) is 0 Å². The Hall–Kier alpha value is -1.39. The third-order valence-electron chi connectivity index (χ3n) is 3.36. The molecule has 0 saturated carbocycles. The highest BCUT2D eigenvalue weighted by atomic mass is 16.4. The molecule has 0 unspecified atom stereocenters. The molecule has 0 radical (unpaired) electrons. The number of aliphatic carboxylic acids is 1. The van der Waals surface area contributed by atoms with Crippen molar-refractivity contribution in [3.8, 4) is 0 Å². The second kappa shape index (κ2) is 6.52. The number of amides is 2. The number of likely N-dealkylation sites (tertiary alicyclic amines) is 1. The molecule has 0 bridgehead atoms. The lowest BCUT2D eigenvalue weighted by Crippen LogP contribution is -2.45. The molecule has 5 nitrogen and oxygen atoms in total. The van der Waals surface area contributed by atoms with Crippen molar-refractivity contribution in [2.75, 3.05) is 0 Å². The van der Waals surface area contributed by atoms with Crippen LogP contribution in [0.4, 0.5) is 0 Å². The molecule has 1 rings (SSSR count). The Bertz CT molecular complexity index is 334. The van der Waals surface area contributed by atoms with E-state index in [9.17, 15) is 14.4 Å². The maximum absolute atomic E-state index is 12.3. The Balaban J connectivity index is 2.84. The van der Waals surface area contributed by atoms with Gasteiger partial charge in [0.05, 0.1) is 0 Å². The molecule has 1 atom stereocenters. The lowest BCUT2D eigenvalue weighted by atomic mass is 9.96. The normalized spacial score (nSPS) is 19.6. The molecular weight excluding hydrogens is 234 g/mol. The molecule has 1 N–H and O–H groups in total. The molecule has 1 saturated heterocycles. The maximum Gasteiger partial charge on any atom is 0.326 e. The van der Waals surface area contributed by atoms with E-state index in [0.717, 1.165) is 17.7 Å². The van der Waals surface area contributed by atoms with Gasteiger partial charge in [-0.05, 0) is 19.3 Å². The number of carbonyl (C=O) groups excluding carboxylic acids is 2. The van der Waals surface area contributed by atoms with Crippen molar-refractivity contribution in [3.05, 3.63) is 0 Å². The third-order valence-corrected chi connectivity index (χ3v) is 3.36. The van der Waals surface area contributed by atoms with Gasteiger partial charge in [0.2, 0.25) is 11.8 Å². The van der Waals surface area contributed by atoms with Gasteiger partial charge in [-0.2, -0.15) is 0 Å². The van der Waals surface area contributed by atoms with Crippen LogP contribution in [0.2, 0.25) is 0 Å². The fraction of sp³-hybridized carbons (Fsp3) is 0.769. The number of hydrogen-bond donors (Lipinski definition) is 1. The van der Waals surface area contributed by atoms with Crippen LogP contribution in [0.1, 0.15) is 52.4 Å². The van der Waals surface area contributed by atoms with Gasteiger partial charge >= 0.3 is 5.97 Å². The van der Waals surface area contributed by atoms with E-state index in [0.29, 0.717) is 12.8 Å². The van der Waals surface area contributed by atoms with Gasteiger partial charge in [-0.3, -0.25) is 14.5 Å². The summed E-state index contributed by atoms with van der Waals surface area (Å²) in [4.78, 5) is 36.0. The van der Waals surface area contributed by atoms with Gasteiger partial charge in [0.1, 0.15) is 6.04 Å². The van der Waals surface area contributed by atoms with Crippen LogP contribution in [-0.2, 0) is 14.4 Å². The van der Waals surface area contributed by atoms with Crippen LogP contribution in [0.25, 0.3) is 0 Å². The summed E-state index contributed by atoms with van der Waals surface area (Å²) in [5, 5.41) is 9.05. The molecule has 18 heavy (non-hydrogen) atoms. The second-order valence-electron chi connectivity index (χ2n) is 4.77. The number of nitrogens with zero attached hydrogens (tertiary/aromatic N) is 1. The van der Waals surface area contributed by atoms with E-state index in [4.69, 9.17) is 5.11 Å². The van der Waals surface area contributed by atoms with E-state index in [1.807, 2.05) is 13.8 Å². The molecule has 0 aromatic carbocycles. The highest BCUT2D eigenvalue weighted by Gasteiger charge is 2.41.